The van der Waals surface area contributed by atoms with Gasteiger partial charge in [0.2, 0.25) is 5.13 Å². The van der Waals surface area contributed by atoms with E-state index in [-0.39, 0.29) is 6.10 Å². The molecule has 1 aromatic heterocycles. The van der Waals surface area contributed by atoms with Gasteiger partial charge in [0.05, 0.1) is 19.2 Å². The van der Waals surface area contributed by atoms with Crippen LogP contribution in [0.3, 0.4) is 0 Å². The monoisotopic (exact) mass is 267 g/mol. The Kier molecular flexibility index (Phi) is 4.87. The number of hydrogen-bond donors (Lipinski definition) is 1. The van der Waals surface area contributed by atoms with Crippen LogP contribution in [-0.2, 0) is 11.3 Å². The Labute approximate surface area is 111 Å². The minimum absolute atomic E-state index is 0.315. The van der Waals surface area contributed by atoms with Gasteiger partial charge in [-0.2, -0.15) is 5.26 Å². The quantitative estimate of drug-likeness (QED) is 0.860. The van der Waals surface area contributed by atoms with Crippen LogP contribution in [0.2, 0.25) is 0 Å². The number of morpholine rings is 1. The van der Waals surface area contributed by atoms with Crippen LogP contribution in [0.5, 0.6) is 0 Å². The van der Waals surface area contributed by atoms with Crippen LogP contribution in [0.25, 0.3) is 0 Å². The molecule has 1 aromatic rings. The molecule has 6 nitrogen and oxygen atoms in total. The molecule has 1 fully saturated rings. The average molecular weight is 267 g/mol. The molecule has 1 atom stereocenters. The third-order valence-corrected chi connectivity index (χ3v) is 3.51. The molecular weight excluding hydrogens is 250 g/mol. The fourth-order valence-electron chi connectivity index (χ4n) is 1.74. The first-order chi connectivity index (χ1) is 8.81. The van der Waals surface area contributed by atoms with Crippen LogP contribution in [0, 0.1) is 11.3 Å². The second-order valence-electron chi connectivity index (χ2n) is 4.15. The molecule has 18 heavy (non-hydrogen) atoms. The molecule has 0 amide bonds. The maximum Gasteiger partial charge on any atom is 0.205 e. The van der Waals surface area contributed by atoms with Crippen LogP contribution in [0.4, 0.5) is 5.13 Å². The Bertz CT molecular complexity index is 416. The summed E-state index contributed by atoms with van der Waals surface area (Å²) in [7, 11) is 0. The van der Waals surface area contributed by atoms with Crippen molar-refractivity contribution in [1.82, 2.24) is 15.1 Å². The first-order valence-electron chi connectivity index (χ1n) is 6.11. The van der Waals surface area contributed by atoms with Crippen molar-refractivity contribution in [3.8, 4) is 6.07 Å². The number of anilines is 1. The molecule has 7 heteroatoms. The van der Waals surface area contributed by atoms with Gasteiger partial charge >= 0.3 is 0 Å². The minimum atomic E-state index is -0.315. The van der Waals surface area contributed by atoms with E-state index >= 15 is 0 Å². The highest BCUT2D eigenvalue weighted by molar-refractivity contribution is 7.15. The Morgan fingerprint density at radius 2 is 2.50 bits per heavy atom. The standard InChI is InChI=1S/C11H17N5OS/c1-2-3-13-11-15-14-10(18-11)8-16-4-5-17-9(6-12)7-16/h9H,2-5,7-8H2,1H3,(H,13,15). The summed E-state index contributed by atoms with van der Waals surface area (Å²) in [4.78, 5) is 2.18. The zero-order valence-electron chi connectivity index (χ0n) is 10.4. The zero-order chi connectivity index (χ0) is 12.8. The van der Waals surface area contributed by atoms with Crippen molar-refractivity contribution in [2.24, 2.45) is 0 Å². The van der Waals surface area contributed by atoms with Crippen molar-refractivity contribution in [3.63, 3.8) is 0 Å². The fourth-order valence-corrected chi connectivity index (χ4v) is 2.54. The molecule has 0 saturated carbocycles. The van der Waals surface area contributed by atoms with E-state index in [9.17, 15) is 0 Å². The van der Waals surface area contributed by atoms with E-state index < -0.39 is 0 Å². The van der Waals surface area contributed by atoms with Crippen LogP contribution >= 0.6 is 11.3 Å². The number of nitrogens with one attached hydrogen (secondary N) is 1. The highest BCUT2D eigenvalue weighted by Gasteiger charge is 2.21. The molecule has 0 spiro atoms. The van der Waals surface area contributed by atoms with Gasteiger partial charge in [-0.25, -0.2) is 0 Å². The second kappa shape index (κ2) is 6.64. The van der Waals surface area contributed by atoms with Crippen molar-refractivity contribution >= 4 is 16.5 Å². The molecule has 2 rings (SSSR count). The van der Waals surface area contributed by atoms with Gasteiger partial charge in [0.25, 0.3) is 0 Å². The number of aromatic nitrogens is 2. The predicted octanol–water partition coefficient (Wildman–Crippen LogP) is 1.08. The first kappa shape index (κ1) is 13.2. The third-order valence-electron chi connectivity index (χ3n) is 2.65. The molecule has 0 bridgehead atoms. The summed E-state index contributed by atoms with van der Waals surface area (Å²) in [6, 6.07) is 2.14. The lowest BCUT2D eigenvalue weighted by molar-refractivity contribution is -0.00277. The summed E-state index contributed by atoms with van der Waals surface area (Å²) in [5.74, 6) is 0. The van der Waals surface area contributed by atoms with Gasteiger partial charge in [0.1, 0.15) is 5.01 Å². The second-order valence-corrected chi connectivity index (χ2v) is 5.21. The predicted molar refractivity (Wildman–Crippen MR) is 69.3 cm³/mol. The van der Waals surface area contributed by atoms with Crippen LogP contribution in [0.15, 0.2) is 0 Å². The number of hydrogen-bond acceptors (Lipinski definition) is 7. The van der Waals surface area contributed by atoms with Crippen molar-refractivity contribution in [3.05, 3.63) is 5.01 Å². The molecule has 0 aromatic carbocycles. The van der Waals surface area contributed by atoms with Crippen LogP contribution in [0.1, 0.15) is 18.4 Å². The van der Waals surface area contributed by atoms with E-state index in [0.29, 0.717) is 13.2 Å². The number of rotatable bonds is 5. The van der Waals surface area contributed by atoms with Gasteiger partial charge in [-0.05, 0) is 6.42 Å². The Balaban J connectivity index is 1.85. The summed E-state index contributed by atoms with van der Waals surface area (Å²) >= 11 is 1.58. The van der Waals surface area contributed by atoms with Crippen molar-refractivity contribution in [1.29, 1.82) is 5.26 Å². The molecule has 1 N–H and O–H groups in total. The van der Waals surface area contributed by atoms with Gasteiger partial charge in [-0.15, -0.1) is 10.2 Å². The Hall–Kier alpha value is -1.23. The van der Waals surface area contributed by atoms with E-state index in [2.05, 4.69) is 33.4 Å². The summed E-state index contributed by atoms with van der Waals surface area (Å²) in [6.07, 6.45) is 0.756. The summed E-state index contributed by atoms with van der Waals surface area (Å²) in [5.41, 5.74) is 0. The lowest BCUT2D eigenvalue weighted by Gasteiger charge is -2.28. The van der Waals surface area contributed by atoms with Gasteiger partial charge in [0.15, 0.2) is 6.10 Å². The molecule has 2 heterocycles. The fraction of sp³-hybridized carbons (Fsp3) is 0.727. The summed E-state index contributed by atoms with van der Waals surface area (Å²) < 4.78 is 5.31. The largest absolute Gasteiger partial charge is 0.361 e. The maximum absolute atomic E-state index is 8.84. The Morgan fingerprint density at radius 1 is 1.61 bits per heavy atom. The number of nitriles is 1. The van der Waals surface area contributed by atoms with E-state index in [1.807, 2.05) is 0 Å². The smallest absolute Gasteiger partial charge is 0.205 e. The molecule has 1 aliphatic heterocycles. The van der Waals surface area contributed by atoms with Crippen LogP contribution < -0.4 is 5.32 Å². The number of ether oxygens (including phenoxy) is 1. The van der Waals surface area contributed by atoms with E-state index in [1.165, 1.54) is 0 Å². The SMILES string of the molecule is CCCNc1nnc(CN2CCOC(C#N)C2)s1. The molecule has 98 valence electrons. The molecule has 0 aliphatic carbocycles. The van der Waals surface area contributed by atoms with E-state index in [1.54, 1.807) is 11.3 Å². The molecular formula is C11H17N5OS. The van der Waals surface area contributed by atoms with E-state index in [4.69, 9.17) is 10.00 Å². The third kappa shape index (κ3) is 3.63. The topological polar surface area (TPSA) is 74.1 Å². The number of nitrogens with zero attached hydrogens (tertiary/aromatic N) is 4. The molecule has 1 unspecified atom stereocenters. The minimum Gasteiger partial charge on any atom is -0.361 e. The highest BCUT2D eigenvalue weighted by atomic mass is 32.1. The van der Waals surface area contributed by atoms with E-state index in [0.717, 1.165) is 36.2 Å². The zero-order valence-corrected chi connectivity index (χ0v) is 11.2. The molecule has 1 saturated heterocycles. The molecule has 0 radical (unpaired) electrons. The van der Waals surface area contributed by atoms with Crippen LogP contribution in [-0.4, -0.2) is 47.4 Å². The summed E-state index contributed by atoms with van der Waals surface area (Å²) in [6.45, 7) is 5.88. The lowest BCUT2D eigenvalue weighted by Crippen LogP contribution is -2.41. The normalized spacial score (nSPS) is 20.6. The maximum atomic E-state index is 8.84. The first-order valence-corrected chi connectivity index (χ1v) is 6.93. The average Bonchev–Trinajstić information content (AvgIpc) is 2.84. The molecule has 1 aliphatic rings. The van der Waals surface area contributed by atoms with Crippen molar-refractivity contribution in [2.75, 3.05) is 31.6 Å². The van der Waals surface area contributed by atoms with Gasteiger partial charge < -0.3 is 10.1 Å². The van der Waals surface area contributed by atoms with Crippen molar-refractivity contribution < 1.29 is 4.74 Å². The lowest BCUT2D eigenvalue weighted by atomic mass is 10.3. The Morgan fingerprint density at radius 3 is 3.28 bits per heavy atom. The summed E-state index contributed by atoms with van der Waals surface area (Å²) in [5, 5.41) is 22.2. The van der Waals surface area contributed by atoms with Crippen molar-refractivity contribution in [2.45, 2.75) is 26.0 Å². The van der Waals surface area contributed by atoms with Gasteiger partial charge in [-0.3, -0.25) is 4.90 Å². The highest BCUT2D eigenvalue weighted by Crippen LogP contribution is 2.18. The van der Waals surface area contributed by atoms with Gasteiger partial charge in [-0.1, -0.05) is 18.3 Å². The van der Waals surface area contributed by atoms with Gasteiger partial charge in [0, 0.05) is 19.6 Å².